The minimum Gasteiger partial charge on any atom is -0.466 e. The van der Waals surface area contributed by atoms with Crippen LogP contribution in [0.25, 0.3) is 0 Å². The fourth-order valence-electron chi connectivity index (χ4n) is 3.21. The number of esters is 1. The third kappa shape index (κ3) is 6.60. The van der Waals surface area contributed by atoms with Gasteiger partial charge in [0.25, 0.3) is 0 Å². The normalized spacial score (nSPS) is 13.3. The van der Waals surface area contributed by atoms with E-state index in [0.29, 0.717) is 5.71 Å². The average molecular weight is 445 g/mol. The van der Waals surface area contributed by atoms with Gasteiger partial charge in [-0.1, -0.05) is 60.7 Å². The summed E-state index contributed by atoms with van der Waals surface area (Å²) >= 11 is 0. The van der Waals surface area contributed by atoms with Crippen molar-refractivity contribution in [1.29, 1.82) is 0 Å². The molecule has 6 nitrogen and oxygen atoms in total. The van der Waals surface area contributed by atoms with Gasteiger partial charge in [0.05, 0.1) is 25.5 Å². The Kier molecular flexibility index (Phi) is 9.63. The summed E-state index contributed by atoms with van der Waals surface area (Å²) in [5.74, 6) is -0.371. The van der Waals surface area contributed by atoms with Crippen molar-refractivity contribution >= 4 is 19.3 Å². The van der Waals surface area contributed by atoms with Gasteiger partial charge in [-0.2, -0.15) is 0 Å². The fraction of sp³-hybridized carbons (Fsp3) is 0.417. The third-order valence-electron chi connectivity index (χ3n) is 4.74. The van der Waals surface area contributed by atoms with E-state index < -0.39 is 12.9 Å². The fourth-order valence-corrected chi connectivity index (χ4v) is 5.13. The number of nitrogens with zero attached hydrogens (tertiary/aromatic N) is 1. The van der Waals surface area contributed by atoms with Crippen LogP contribution in [0.15, 0.2) is 65.7 Å². The lowest BCUT2D eigenvalue weighted by Crippen LogP contribution is -2.29. The Morgan fingerprint density at radius 1 is 0.871 bits per heavy atom. The van der Waals surface area contributed by atoms with Crippen molar-refractivity contribution in [3.8, 4) is 0 Å². The van der Waals surface area contributed by atoms with Crippen LogP contribution in [0, 0.1) is 0 Å². The maximum Gasteiger partial charge on any atom is 0.357 e. The molecule has 0 spiro atoms. The van der Waals surface area contributed by atoms with Crippen LogP contribution in [0.2, 0.25) is 0 Å². The first-order valence-corrected chi connectivity index (χ1v) is 12.2. The molecule has 0 radical (unpaired) electrons. The second-order valence-electron chi connectivity index (χ2n) is 7.05. The highest BCUT2D eigenvalue weighted by molar-refractivity contribution is 7.55. The molecule has 0 aromatic heterocycles. The summed E-state index contributed by atoms with van der Waals surface area (Å²) in [4.78, 5) is 17.1. The first-order valence-electron chi connectivity index (χ1n) is 10.6. The van der Waals surface area contributed by atoms with Crippen LogP contribution in [-0.4, -0.2) is 36.8 Å². The summed E-state index contributed by atoms with van der Waals surface area (Å²) in [6.07, 6.45) is 0.209. The summed E-state index contributed by atoms with van der Waals surface area (Å²) in [6.45, 7) is 7.69. The number of carbonyl (C=O) groups excluding carboxylic acids is 1. The Morgan fingerprint density at radius 3 is 1.77 bits per heavy atom. The highest BCUT2D eigenvalue weighted by Crippen LogP contribution is 2.62. The average Bonchev–Trinajstić information content (AvgIpc) is 2.78. The highest BCUT2D eigenvalue weighted by atomic mass is 31.2. The molecule has 0 saturated carbocycles. The number of ether oxygens (including phenoxy) is 1. The van der Waals surface area contributed by atoms with Gasteiger partial charge in [-0.25, -0.2) is 0 Å². The van der Waals surface area contributed by atoms with Gasteiger partial charge in [0.2, 0.25) is 0 Å². The van der Waals surface area contributed by atoms with Crippen LogP contribution in [0.3, 0.4) is 0 Å². The number of aliphatic imine (C=N–C) groups is 1. The minimum absolute atomic E-state index is 0.0504. The predicted octanol–water partition coefficient (Wildman–Crippen LogP) is 5.85. The molecule has 2 aromatic rings. The molecule has 1 atom stereocenters. The zero-order valence-electron chi connectivity index (χ0n) is 18.7. The molecule has 7 heteroatoms. The summed E-state index contributed by atoms with van der Waals surface area (Å²) in [5.41, 5.74) is 2.40. The molecule has 168 valence electrons. The van der Waals surface area contributed by atoms with Gasteiger partial charge in [0.1, 0.15) is 0 Å². The molecule has 0 saturated heterocycles. The summed E-state index contributed by atoms with van der Waals surface area (Å²) in [7, 11) is -3.71. The van der Waals surface area contributed by atoms with E-state index in [4.69, 9.17) is 18.8 Å². The van der Waals surface area contributed by atoms with Crippen molar-refractivity contribution in [2.45, 2.75) is 45.8 Å². The van der Waals surface area contributed by atoms with Crippen molar-refractivity contribution < 1.29 is 23.1 Å². The Hall–Kier alpha value is -2.27. The van der Waals surface area contributed by atoms with E-state index in [1.807, 2.05) is 60.7 Å². The third-order valence-corrected chi connectivity index (χ3v) is 7.44. The van der Waals surface area contributed by atoms with Gasteiger partial charge < -0.3 is 13.8 Å². The van der Waals surface area contributed by atoms with Gasteiger partial charge in [-0.3, -0.25) is 14.4 Å². The minimum atomic E-state index is -3.71. The van der Waals surface area contributed by atoms with E-state index in [0.717, 1.165) is 11.1 Å². The molecule has 0 aliphatic carbocycles. The van der Waals surface area contributed by atoms with Gasteiger partial charge in [0, 0.05) is 17.5 Å². The summed E-state index contributed by atoms with van der Waals surface area (Å²) in [6, 6.07) is 19.3. The maximum atomic E-state index is 13.9. The summed E-state index contributed by atoms with van der Waals surface area (Å²) < 4.78 is 30.3. The van der Waals surface area contributed by atoms with E-state index in [1.54, 1.807) is 27.7 Å². The molecule has 0 bridgehead atoms. The van der Waals surface area contributed by atoms with E-state index in [1.165, 1.54) is 0 Å². The van der Waals surface area contributed by atoms with Gasteiger partial charge in [-0.05, 0) is 34.1 Å². The maximum absolute atomic E-state index is 13.9. The van der Waals surface area contributed by atoms with E-state index in [2.05, 4.69) is 0 Å². The monoisotopic (exact) mass is 445 g/mol. The molecule has 1 unspecified atom stereocenters. The Balaban J connectivity index is 2.64. The second kappa shape index (κ2) is 11.9. The van der Waals surface area contributed by atoms with E-state index in [-0.39, 0.29) is 38.6 Å². The molecule has 0 aliphatic rings. The van der Waals surface area contributed by atoms with Crippen LogP contribution < -0.4 is 0 Å². The van der Waals surface area contributed by atoms with Gasteiger partial charge in [-0.15, -0.1) is 0 Å². The molecule has 0 fully saturated rings. The van der Waals surface area contributed by atoms with Crippen LogP contribution >= 0.6 is 7.60 Å². The van der Waals surface area contributed by atoms with Crippen molar-refractivity contribution in [3.05, 3.63) is 71.8 Å². The van der Waals surface area contributed by atoms with Crippen molar-refractivity contribution in [2.24, 2.45) is 4.99 Å². The standard InChI is InChI=1S/C24H32NO5P/c1-5-28-22(26)18-19-24(4,31(27,29-6-2)30-7-3)25-23(20-14-10-8-11-15-20)21-16-12-9-13-17-21/h8-17H,5-7,18-19H2,1-4H3. The van der Waals surface area contributed by atoms with Gasteiger partial charge >= 0.3 is 13.6 Å². The Labute approximate surface area is 185 Å². The molecular weight excluding hydrogens is 413 g/mol. The van der Waals surface area contributed by atoms with Crippen molar-refractivity contribution in [3.63, 3.8) is 0 Å². The van der Waals surface area contributed by atoms with Gasteiger partial charge in [0.15, 0.2) is 5.28 Å². The number of hydrogen-bond donors (Lipinski definition) is 0. The number of carbonyl (C=O) groups is 1. The smallest absolute Gasteiger partial charge is 0.357 e. The zero-order valence-corrected chi connectivity index (χ0v) is 19.6. The lowest BCUT2D eigenvalue weighted by atomic mass is 10.0. The molecule has 31 heavy (non-hydrogen) atoms. The van der Waals surface area contributed by atoms with Crippen molar-refractivity contribution in [2.75, 3.05) is 19.8 Å². The lowest BCUT2D eigenvalue weighted by Gasteiger charge is -2.33. The first kappa shape index (κ1) is 25.0. The largest absolute Gasteiger partial charge is 0.466 e. The molecule has 0 N–H and O–H groups in total. The van der Waals surface area contributed by atoms with E-state index in [9.17, 15) is 9.36 Å². The SMILES string of the molecule is CCOC(=O)CCC(C)(N=C(c1ccccc1)c1ccccc1)P(=O)(OCC)OCC. The topological polar surface area (TPSA) is 74.2 Å². The number of rotatable bonds is 12. The molecule has 2 aromatic carbocycles. The molecule has 0 amide bonds. The van der Waals surface area contributed by atoms with Crippen LogP contribution in [0.4, 0.5) is 0 Å². The predicted molar refractivity (Wildman–Crippen MR) is 124 cm³/mol. The number of hydrogen-bond acceptors (Lipinski definition) is 6. The van der Waals surface area contributed by atoms with Crippen LogP contribution in [-0.2, 0) is 23.1 Å². The number of benzene rings is 2. The van der Waals surface area contributed by atoms with Crippen LogP contribution in [0.1, 0.15) is 51.7 Å². The lowest BCUT2D eigenvalue weighted by molar-refractivity contribution is -0.143. The molecular formula is C24H32NO5P. The second-order valence-corrected chi connectivity index (χ2v) is 9.52. The quantitative estimate of drug-likeness (QED) is 0.233. The van der Waals surface area contributed by atoms with E-state index >= 15 is 0 Å². The Morgan fingerprint density at radius 2 is 1.35 bits per heavy atom. The molecule has 0 heterocycles. The molecule has 0 aliphatic heterocycles. The zero-order chi connectivity index (χ0) is 22.7. The Bertz CT molecular complexity index is 849. The van der Waals surface area contributed by atoms with Crippen molar-refractivity contribution in [1.82, 2.24) is 0 Å². The first-order chi connectivity index (χ1) is 14.9. The van der Waals surface area contributed by atoms with Crippen LogP contribution in [0.5, 0.6) is 0 Å². The molecule has 2 rings (SSSR count). The summed E-state index contributed by atoms with van der Waals surface area (Å²) in [5, 5.41) is -1.28. The highest BCUT2D eigenvalue weighted by Gasteiger charge is 2.48.